The van der Waals surface area contributed by atoms with Gasteiger partial charge in [0.25, 0.3) is 0 Å². The van der Waals surface area contributed by atoms with Gasteiger partial charge in [0.1, 0.15) is 0 Å². The summed E-state index contributed by atoms with van der Waals surface area (Å²) in [5.74, 6) is 0.360. The van der Waals surface area contributed by atoms with E-state index in [4.69, 9.17) is 0 Å². The molecule has 1 atom stereocenters. The molecule has 1 unspecified atom stereocenters. The summed E-state index contributed by atoms with van der Waals surface area (Å²) in [7, 11) is 1.86. The quantitative estimate of drug-likeness (QED) is 0.768. The van der Waals surface area contributed by atoms with Crippen LogP contribution in [0.5, 0.6) is 0 Å². The van der Waals surface area contributed by atoms with E-state index in [0.717, 1.165) is 25.9 Å². The van der Waals surface area contributed by atoms with Crippen molar-refractivity contribution in [1.82, 2.24) is 15.5 Å². The molecule has 2 amide bonds. The Morgan fingerprint density at radius 2 is 1.79 bits per heavy atom. The molecule has 1 heterocycles. The smallest absolute Gasteiger partial charge is 0.226 e. The molecule has 0 aromatic heterocycles. The van der Waals surface area contributed by atoms with Crippen LogP contribution >= 0.6 is 0 Å². The second kappa shape index (κ2) is 7.48. The normalized spacial score (nSPS) is 18.5. The molecular weight excluding hydrogens is 242 g/mol. The van der Waals surface area contributed by atoms with Crippen LogP contribution in [0, 0.1) is 11.8 Å². The fraction of sp³-hybridized carbons (Fsp3) is 0.857. The second-order valence-electron chi connectivity index (χ2n) is 5.72. The van der Waals surface area contributed by atoms with Gasteiger partial charge in [-0.2, -0.15) is 0 Å². The van der Waals surface area contributed by atoms with Crippen LogP contribution in [0.3, 0.4) is 0 Å². The SMILES string of the molecule is CNCC(C)C(=O)N1CCC(NC(=O)C(C)C)CC1. The van der Waals surface area contributed by atoms with Gasteiger partial charge in [-0.3, -0.25) is 9.59 Å². The number of likely N-dealkylation sites (tertiary alicyclic amines) is 1. The Morgan fingerprint density at radius 3 is 2.26 bits per heavy atom. The van der Waals surface area contributed by atoms with Crippen molar-refractivity contribution >= 4 is 11.8 Å². The van der Waals surface area contributed by atoms with Crippen molar-refractivity contribution in [2.45, 2.75) is 39.7 Å². The highest BCUT2D eigenvalue weighted by Gasteiger charge is 2.26. The maximum atomic E-state index is 12.1. The predicted octanol–water partition coefficient (Wildman–Crippen LogP) is 0.605. The van der Waals surface area contributed by atoms with Crippen LogP contribution in [-0.2, 0) is 9.59 Å². The van der Waals surface area contributed by atoms with Gasteiger partial charge in [0.2, 0.25) is 11.8 Å². The number of hydrogen-bond acceptors (Lipinski definition) is 3. The van der Waals surface area contributed by atoms with Crippen molar-refractivity contribution in [2.24, 2.45) is 11.8 Å². The van der Waals surface area contributed by atoms with Gasteiger partial charge >= 0.3 is 0 Å². The van der Waals surface area contributed by atoms with E-state index >= 15 is 0 Å². The third kappa shape index (κ3) is 4.82. The number of hydrogen-bond donors (Lipinski definition) is 2. The summed E-state index contributed by atoms with van der Waals surface area (Å²) in [4.78, 5) is 25.7. The monoisotopic (exact) mass is 269 g/mol. The molecule has 19 heavy (non-hydrogen) atoms. The Balaban J connectivity index is 2.36. The highest BCUT2D eigenvalue weighted by molar-refractivity contribution is 5.79. The molecule has 1 fully saturated rings. The minimum atomic E-state index is 0.0202. The van der Waals surface area contributed by atoms with E-state index < -0.39 is 0 Å². The number of nitrogens with zero attached hydrogens (tertiary/aromatic N) is 1. The van der Waals surface area contributed by atoms with Crippen LogP contribution in [0.4, 0.5) is 0 Å². The third-order valence-electron chi connectivity index (χ3n) is 3.61. The predicted molar refractivity (Wildman–Crippen MR) is 75.7 cm³/mol. The molecule has 1 saturated heterocycles. The van der Waals surface area contributed by atoms with Gasteiger partial charge in [-0.1, -0.05) is 20.8 Å². The van der Waals surface area contributed by atoms with Gasteiger partial charge in [0.05, 0.1) is 0 Å². The van der Waals surface area contributed by atoms with E-state index in [1.807, 2.05) is 32.7 Å². The van der Waals surface area contributed by atoms with E-state index in [1.165, 1.54) is 0 Å². The first-order valence-corrected chi connectivity index (χ1v) is 7.19. The standard InChI is InChI=1S/C14H27N3O2/c1-10(2)13(18)16-12-5-7-17(8-6-12)14(19)11(3)9-15-4/h10-12,15H,5-9H2,1-4H3,(H,16,18). The first kappa shape index (κ1) is 16.0. The Kier molecular flexibility index (Phi) is 6.28. The molecule has 5 heteroatoms. The summed E-state index contributed by atoms with van der Waals surface area (Å²) in [5, 5.41) is 6.07. The van der Waals surface area contributed by atoms with Crippen molar-refractivity contribution < 1.29 is 9.59 Å². The molecule has 0 radical (unpaired) electrons. The fourth-order valence-electron chi connectivity index (χ4n) is 2.32. The highest BCUT2D eigenvalue weighted by Crippen LogP contribution is 2.13. The molecule has 1 aliphatic heterocycles. The van der Waals surface area contributed by atoms with Crippen LogP contribution in [0.25, 0.3) is 0 Å². The van der Waals surface area contributed by atoms with Crippen molar-refractivity contribution in [3.63, 3.8) is 0 Å². The van der Waals surface area contributed by atoms with Crippen LogP contribution in [0.2, 0.25) is 0 Å². The van der Waals surface area contributed by atoms with Crippen LogP contribution in [0.1, 0.15) is 33.6 Å². The van der Waals surface area contributed by atoms with Gasteiger partial charge in [-0.15, -0.1) is 0 Å². The highest BCUT2D eigenvalue weighted by atomic mass is 16.2. The first-order valence-electron chi connectivity index (χ1n) is 7.19. The average molecular weight is 269 g/mol. The third-order valence-corrected chi connectivity index (χ3v) is 3.61. The summed E-state index contributed by atoms with van der Waals surface area (Å²) in [5.41, 5.74) is 0. The summed E-state index contributed by atoms with van der Waals surface area (Å²) in [6.45, 7) is 7.95. The van der Waals surface area contributed by atoms with Crippen LogP contribution in [-0.4, -0.2) is 49.4 Å². The van der Waals surface area contributed by atoms with Crippen LogP contribution < -0.4 is 10.6 Å². The summed E-state index contributed by atoms with van der Waals surface area (Å²) in [6, 6.07) is 0.221. The van der Waals surface area contributed by atoms with E-state index in [9.17, 15) is 9.59 Å². The molecule has 1 rings (SSSR count). The lowest BCUT2D eigenvalue weighted by atomic mass is 10.0. The fourth-order valence-corrected chi connectivity index (χ4v) is 2.32. The molecular formula is C14H27N3O2. The molecule has 110 valence electrons. The van der Waals surface area contributed by atoms with Gasteiger partial charge < -0.3 is 15.5 Å². The average Bonchev–Trinajstić information content (AvgIpc) is 2.39. The van der Waals surface area contributed by atoms with Crippen molar-refractivity contribution in [3.8, 4) is 0 Å². The second-order valence-corrected chi connectivity index (χ2v) is 5.72. The number of carbonyl (C=O) groups is 2. The Hall–Kier alpha value is -1.10. The van der Waals surface area contributed by atoms with Gasteiger partial charge in [0.15, 0.2) is 0 Å². The topological polar surface area (TPSA) is 61.4 Å². The van der Waals surface area contributed by atoms with E-state index in [-0.39, 0.29) is 29.7 Å². The molecule has 0 spiro atoms. The lowest BCUT2D eigenvalue weighted by Crippen LogP contribution is -2.49. The minimum absolute atomic E-state index is 0.0202. The summed E-state index contributed by atoms with van der Waals surface area (Å²) in [6.07, 6.45) is 1.72. The maximum Gasteiger partial charge on any atom is 0.226 e. The Labute approximate surface area is 116 Å². The number of piperidine rings is 1. The number of carbonyl (C=O) groups excluding carboxylic acids is 2. The largest absolute Gasteiger partial charge is 0.353 e. The lowest BCUT2D eigenvalue weighted by Gasteiger charge is -2.34. The molecule has 1 aliphatic rings. The lowest BCUT2D eigenvalue weighted by molar-refractivity contribution is -0.136. The Bertz CT molecular complexity index is 310. The Morgan fingerprint density at radius 1 is 1.21 bits per heavy atom. The van der Waals surface area contributed by atoms with Crippen molar-refractivity contribution in [2.75, 3.05) is 26.7 Å². The number of nitrogens with one attached hydrogen (secondary N) is 2. The molecule has 0 aromatic rings. The van der Waals surface area contributed by atoms with E-state index in [0.29, 0.717) is 6.54 Å². The van der Waals surface area contributed by atoms with Gasteiger partial charge in [0, 0.05) is 37.5 Å². The molecule has 5 nitrogen and oxygen atoms in total. The maximum absolute atomic E-state index is 12.1. The number of amides is 2. The molecule has 0 bridgehead atoms. The van der Waals surface area contributed by atoms with Gasteiger partial charge in [-0.05, 0) is 19.9 Å². The van der Waals surface area contributed by atoms with Gasteiger partial charge in [-0.25, -0.2) is 0 Å². The zero-order valence-corrected chi connectivity index (χ0v) is 12.5. The molecule has 0 aliphatic carbocycles. The first-order chi connectivity index (χ1) is 8.95. The van der Waals surface area contributed by atoms with Crippen LogP contribution in [0.15, 0.2) is 0 Å². The summed E-state index contributed by atoms with van der Waals surface area (Å²) < 4.78 is 0. The molecule has 0 saturated carbocycles. The zero-order chi connectivity index (χ0) is 14.4. The van der Waals surface area contributed by atoms with Crippen molar-refractivity contribution in [1.29, 1.82) is 0 Å². The van der Waals surface area contributed by atoms with E-state index in [2.05, 4.69) is 10.6 Å². The minimum Gasteiger partial charge on any atom is -0.353 e. The van der Waals surface area contributed by atoms with E-state index in [1.54, 1.807) is 0 Å². The molecule has 2 N–H and O–H groups in total. The van der Waals surface area contributed by atoms with Crippen molar-refractivity contribution in [3.05, 3.63) is 0 Å². The summed E-state index contributed by atoms with van der Waals surface area (Å²) >= 11 is 0. The molecule has 0 aromatic carbocycles. The zero-order valence-electron chi connectivity index (χ0n) is 12.5. The number of rotatable bonds is 5.